The monoisotopic (exact) mass is 288 g/mol. The molecular formula is C22H24. The smallest absolute Gasteiger partial charge is 0.00154 e. The third kappa shape index (κ3) is 2.52. The highest BCUT2D eigenvalue weighted by atomic mass is 14.6. The van der Waals surface area contributed by atoms with E-state index in [0.717, 1.165) is 5.92 Å². The zero-order valence-corrected chi connectivity index (χ0v) is 13.3. The number of hydrogen-bond donors (Lipinski definition) is 0. The molecule has 0 saturated heterocycles. The second-order valence-corrected chi connectivity index (χ2v) is 6.97. The van der Waals surface area contributed by atoms with E-state index in [1.807, 2.05) is 0 Å². The van der Waals surface area contributed by atoms with Gasteiger partial charge in [0.05, 0.1) is 0 Å². The van der Waals surface area contributed by atoms with Gasteiger partial charge in [0.1, 0.15) is 0 Å². The van der Waals surface area contributed by atoms with Crippen LogP contribution in [0.2, 0.25) is 0 Å². The fourth-order valence-corrected chi connectivity index (χ4v) is 4.17. The molecular weight excluding hydrogens is 264 g/mol. The Morgan fingerprint density at radius 2 is 1.86 bits per heavy atom. The van der Waals surface area contributed by atoms with Gasteiger partial charge in [-0.1, -0.05) is 79.3 Å². The van der Waals surface area contributed by atoms with E-state index in [-0.39, 0.29) is 0 Å². The summed E-state index contributed by atoms with van der Waals surface area (Å²) in [5.74, 6) is 2.80. The van der Waals surface area contributed by atoms with Crippen molar-refractivity contribution in [1.29, 1.82) is 0 Å². The van der Waals surface area contributed by atoms with Gasteiger partial charge < -0.3 is 0 Å². The van der Waals surface area contributed by atoms with Crippen LogP contribution < -0.4 is 0 Å². The second kappa shape index (κ2) is 5.76. The van der Waals surface area contributed by atoms with E-state index in [0.29, 0.717) is 17.8 Å². The summed E-state index contributed by atoms with van der Waals surface area (Å²) in [6, 6.07) is 11.1. The molecule has 0 heterocycles. The molecule has 1 fully saturated rings. The lowest BCUT2D eigenvalue weighted by atomic mass is 9.93. The maximum Gasteiger partial charge on any atom is -0.00154 e. The van der Waals surface area contributed by atoms with Gasteiger partial charge in [0.25, 0.3) is 0 Å². The summed E-state index contributed by atoms with van der Waals surface area (Å²) in [6.07, 6.45) is 17.9. The van der Waals surface area contributed by atoms with Crippen LogP contribution in [-0.2, 0) is 0 Å². The highest BCUT2D eigenvalue weighted by Crippen LogP contribution is 2.62. The maximum absolute atomic E-state index is 2.49. The van der Waals surface area contributed by atoms with E-state index >= 15 is 0 Å². The van der Waals surface area contributed by atoms with Crippen LogP contribution in [0.15, 0.2) is 77.9 Å². The van der Waals surface area contributed by atoms with Crippen molar-refractivity contribution in [3.05, 3.63) is 83.5 Å². The van der Waals surface area contributed by atoms with Crippen molar-refractivity contribution in [3.63, 3.8) is 0 Å². The normalized spacial score (nSPS) is 33.3. The molecule has 4 atom stereocenters. The van der Waals surface area contributed by atoms with Gasteiger partial charge in [0.2, 0.25) is 0 Å². The lowest BCUT2D eigenvalue weighted by molar-refractivity contribution is 0.715. The van der Waals surface area contributed by atoms with Gasteiger partial charge in [0.15, 0.2) is 0 Å². The molecule has 1 saturated carbocycles. The van der Waals surface area contributed by atoms with E-state index < -0.39 is 0 Å². The average molecular weight is 288 g/mol. The number of allylic oxidation sites excluding steroid dienone is 8. The van der Waals surface area contributed by atoms with Gasteiger partial charge in [-0.15, -0.1) is 0 Å². The maximum atomic E-state index is 2.49. The topological polar surface area (TPSA) is 0 Å². The van der Waals surface area contributed by atoms with Crippen LogP contribution in [0.5, 0.6) is 0 Å². The molecule has 1 aromatic carbocycles. The number of rotatable bonds is 3. The van der Waals surface area contributed by atoms with Crippen molar-refractivity contribution in [2.75, 3.05) is 0 Å². The molecule has 4 rings (SSSR count). The molecule has 0 spiro atoms. The van der Waals surface area contributed by atoms with Gasteiger partial charge in [-0.05, 0) is 54.1 Å². The molecule has 0 aliphatic heterocycles. The first-order valence-electron chi connectivity index (χ1n) is 8.63. The van der Waals surface area contributed by atoms with Crippen LogP contribution in [0.25, 0.3) is 0 Å². The Hall–Kier alpha value is -1.82. The van der Waals surface area contributed by atoms with Crippen molar-refractivity contribution >= 4 is 0 Å². The molecule has 112 valence electrons. The SMILES string of the molecule is CC1C=CC(C2C(C3=CC=CCC3)C2c2ccccc2)=CC1. The van der Waals surface area contributed by atoms with E-state index in [1.165, 1.54) is 24.8 Å². The lowest BCUT2D eigenvalue weighted by Crippen LogP contribution is -1.98. The van der Waals surface area contributed by atoms with Crippen LogP contribution in [0.3, 0.4) is 0 Å². The van der Waals surface area contributed by atoms with Crippen molar-refractivity contribution < 1.29 is 0 Å². The minimum atomic E-state index is 0.684. The molecule has 0 radical (unpaired) electrons. The first-order chi connectivity index (χ1) is 10.8. The van der Waals surface area contributed by atoms with Crippen LogP contribution in [0, 0.1) is 17.8 Å². The molecule has 22 heavy (non-hydrogen) atoms. The van der Waals surface area contributed by atoms with Crippen molar-refractivity contribution in [3.8, 4) is 0 Å². The standard InChI is InChI=1S/C22H24/c1-16-12-14-19(15-13-16)22-20(17-8-4-2-5-9-17)21(22)18-10-6-3-7-11-18/h2-6,8-10,12,14-16,20-22H,7,11,13H2,1H3. The molecule has 4 unspecified atom stereocenters. The Bertz CT molecular complexity index is 657. The highest BCUT2D eigenvalue weighted by molar-refractivity contribution is 5.45. The Morgan fingerprint density at radius 1 is 1.00 bits per heavy atom. The summed E-state index contributed by atoms with van der Waals surface area (Å²) < 4.78 is 0. The Labute approximate surface area is 133 Å². The number of hydrogen-bond acceptors (Lipinski definition) is 0. The van der Waals surface area contributed by atoms with Gasteiger partial charge in [-0.2, -0.15) is 0 Å². The largest absolute Gasteiger partial charge is 0.0842 e. The van der Waals surface area contributed by atoms with Crippen LogP contribution >= 0.6 is 0 Å². The first-order valence-corrected chi connectivity index (χ1v) is 8.63. The van der Waals surface area contributed by atoms with E-state index in [2.05, 4.69) is 73.7 Å². The molecule has 0 heteroatoms. The lowest BCUT2D eigenvalue weighted by Gasteiger charge is -2.13. The van der Waals surface area contributed by atoms with E-state index in [1.54, 1.807) is 11.1 Å². The quantitative estimate of drug-likeness (QED) is 0.658. The van der Waals surface area contributed by atoms with Crippen molar-refractivity contribution in [2.24, 2.45) is 17.8 Å². The van der Waals surface area contributed by atoms with Crippen molar-refractivity contribution in [1.82, 2.24) is 0 Å². The zero-order valence-electron chi connectivity index (χ0n) is 13.3. The van der Waals surface area contributed by atoms with Gasteiger partial charge >= 0.3 is 0 Å². The Morgan fingerprint density at radius 3 is 2.55 bits per heavy atom. The summed E-state index contributed by atoms with van der Waals surface area (Å²) in [5.41, 5.74) is 4.75. The summed E-state index contributed by atoms with van der Waals surface area (Å²) >= 11 is 0. The molecule has 1 aromatic rings. The minimum Gasteiger partial charge on any atom is -0.0842 e. The van der Waals surface area contributed by atoms with Gasteiger partial charge in [-0.3, -0.25) is 0 Å². The highest BCUT2D eigenvalue weighted by Gasteiger charge is 2.53. The molecule has 0 nitrogen and oxygen atoms in total. The summed E-state index contributed by atoms with van der Waals surface area (Å²) in [6.45, 7) is 2.30. The molecule has 0 bridgehead atoms. The van der Waals surface area contributed by atoms with Crippen LogP contribution in [-0.4, -0.2) is 0 Å². The third-order valence-electron chi connectivity index (χ3n) is 5.41. The molecule has 0 amide bonds. The summed E-state index contributed by atoms with van der Waals surface area (Å²) in [5, 5.41) is 0. The number of benzene rings is 1. The van der Waals surface area contributed by atoms with Crippen molar-refractivity contribution in [2.45, 2.75) is 32.1 Å². The molecule has 0 aromatic heterocycles. The van der Waals surface area contributed by atoms with Crippen LogP contribution in [0.1, 0.15) is 37.7 Å². The van der Waals surface area contributed by atoms with E-state index in [4.69, 9.17) is 0 Å². The predicted molar refractivity (Wildman–Crippen MR) is 93.6 cm³/mol. The predicted octanol–water partition coefficient (Wildman–Crippen LogP) is 5.82. The first kappa shape index (κ1) is 13.8. The third-order valence-corrected chi connectivity index (χ3v) is 5.41. The fourth-order valence-electron chi connectivity index (χ4n) is 4.17. The fraction of sp³-hybridized carbons (Fsp3) is 0.364. The second-order valence-electron chi connectivity index (χ2n) is 6.97. The Kier molecular flexibility index (Phi) is 3.62. The molecule has 3 aliphatic carbocycles. The summed E-state index contributed by atoms with van der Waals surface area (Å²) in [4.78, 5) is 0. The minimum absolute atomic E-state index is 0.684. The molecule has 3 aliphatic rings. The average Bonchev–Trinajstić information content (AvgIpc) is 3.33. The van der Waals surface area contributed by atoms with Gasteiger partial charge in [-0.25, -0.2) is 0 Å². The van der Waals surface area contributed by atoms with Crippen LogP contribution in [0.4, 0.5) is 0 Å². The zero-order chi connectivity index (χ0) is 14.9. The Balaban J connectivity index is 1.64. The summed E-state index contributed by atoms with van der Waals surface area (Å²) in [7, 11) is 0. The van der Waals surface area contributed by atoms with E-state index in [9.17, 15) is 0 Å². The molecule has 0 N–H and O–H groups in total. The van der Waals surface area contributed by atoms with Gasteiger partial charge in [0, 0.05) is 0 Å².